The smallest absolute Gasteiger partial charge is 0.329 e. The summed E-state index contributed by atoms with van der Waals surface area (Å²) in [7, 11) is 0. The molecule has 2 amide bonds. The highest BCUT2D eigenvalue weighted by Gasteiger charge is 2.69. The molecule has 9 heteroatoms. The number of ketones is 1. The summed E-state index contributed by atoms with van der Waals surface area (Å²) < 4.78 is 5.10. The Morgan fingerprint density at radius 3 is 2.05 bits per heavy atom. The van der Waals surface area contributed by atoms with E-state index in [0.29, 0.717) is 22.4 Å². The molecule has 9 nitrogen and oxygen atoms in total. The summed E-state index contributed by atoms with van der Waals surface area (Å²) in [5.74, 6) is -5.12. The van der Waals surface area contributed by atoms with Gasteiger partial charge >= 0.3 is 11.9 Å². The summed E-state index contributed by atoms with van der Waals surface area (Å²) in [6.45, 7) is 2.69. The number of amides is 2. The van der Waals surface area contributed by atoms with Gasteiger partial charge in [-0.3, -0.25) is 24.5 Å². The minimum Gasteiger partial charge on any atom is -0.480 e. The predicted octanol–water partition coefficient (Wildman–Crippen LogP) is 3.24. The minimum atomic E-state index is -1.88. The van der Waals surface area contributed by atoms with Crippen LogP contribution in [0.3, 0.4) is 0 Å². The molecule has 2 aliphatic heterocycles. The molecule has 4 atom stereocenters. The minimum absolute atomic E-state index is 0.164. The van der Waals surface area contributed by atoms with E-state index in [4.69, 9.17) is 4.74 Å². The van der Waals surface area contributed by atoms with Crippen LogP contribution >= 0.6 is 0 Å². The van der Waals surface area contributed by atoms with Crippen molar-refractivity contribution in [3.8, 4) is 5.75 Å². The quantitative estimate of drug-likeness (QED) is 0.223. The van der Waals surface area contributed by atoms with Gasteiger partial charge in [-0.2, -0.15) is 0 Å². The Morgan fingerprint density at radius 1 is 0.868 bits per heavy atom. The molecule has 2 heterocycles. The number of benzene rings is 3. The number of carbonyl (C=O) groups excluding carboxylic acids is 4. The molecule has 0 spiro atoms. The highest BCUT2D eigenvalue weighted by atomic mass is 16.5. The number of hydrogen-bond donors (Lipinski definition) is 2. The number of nitrogens with one attached hydrogen (secondary N) is 1. The summed E-state index contributed by atoms with van der Waals surface area (Å²) in [4.78, 5) is 64.9. The maximum Gasteiger partial charge on any atom is 0.329 e. The first-order chi connectivity index (χ1) is 18.1. The van der Waals surface area contributed by atoms with Crippen LogP contribution in [0, 0.1) is 11.8 Å². The molecular formula is C29H24N2O7. The van der Waals surface area contributed by atoms with Gasteiger partial charge in [0.2, 0.25) is 11.8 Å². The number of rotatable bonds is 6. The summed E-state index contributed by atoms with van der Waals surface area (Å²) in [6.07, 6.45) is 0. The molecule has 2 fully saturated rings. The number of aliphatic carboxylic acids is 1. The molecule has 0 aromatic heterocycles. The number of fused-ring (bicyclic) bond motifs is 1. The Labute approximate surface area is 218 Å². The monoisotopic (exact) mass is 512 g/mol. The topological polar surface area (TPSA) is 130 Å². The van der Waals surface area contributed by atoms with Gasteiger partial charge in [0.25, 0.3) is 0 Å². The predicted molar refractivity (Wildman–Crippen MR) is 135 cm³/mol. The van der Waals surface area contributed by atoms with Gasteiger partial charge in [0, 0.05) is 18.5 Å². The molecule has 5 rings (SSSR count). The number of nitrogens with zero attached hydrogens (tertiary/aromatic N) is 1. The Balaban J connectivity index is 1.64. The molecule has 0 aliphatic carbocycles. The van der Waals surface area contributed by atoms with Gasteiger partial charge in [0.1, 0.15) is 5.75 Å². The van der Waals surface area contributed by atoms with Crippen molar-refractivity contribution >= 4 is 35.2 Å². The molecule has 0 bridgehead atoms. The Kier molecular flexibility index (Phi) is 6.16. The fourth-order valence-electron chi connectivity index (χ4n) is 5.49. The van der Waals surface area contributed by atoms with Gasteiger partial charge in [-0.15, -0.1) is 0 Å². The molecular weight excluding hydrogens is 488 g/mol. The van der Waals surface area contributed by atoms with Crippen molar-refractivity contribution in [2.75, 3.05) is 4.90 Å². The number of imide groups is 1. The van der Waals surface area contributed by atoms with Gasteiger partial charge in [-0.1, -0.05) is 42.5 Å². The van der Waals surface area contributed by atoms with Crippen LogP contribution in [0.15, 0.2) is 78.9 Å². The molecule has 3 aromatic rings. The van der Waals surface area contributed by atoms with Gasteiger partial charge < -0.3 is 9.84 Å². The van der Waals surface area contributed by atoms with Crippen LogP contribution in [0.2, 0.25) is 0 Å². The van der Waals surface area contributed by atoms with E-state index in [9.17, 15) is 29.1 Å². The molecule has 2 saturated heterocycles. The zero-order chi connectivity index (χ0) is 27.2. The molecule has 38 heavy (non-hydrogen) atoms. The summed E-state index contributed by atoms with van der Waals surface area (Å²) >= 11 is 0. The highest BCUT2D eigenvalue weighted by molar-refractivity contribution is 6.24. The van der Waals surface area contributed by atoms with E-state index in [-0.39, 0.29) is 11.5 Å². The van der Waals surface area contributed by atoms with Crippen LogP contribution in [-0.4, -0.2) is 34.6 Å². The lowest BCUT2D eigenvalue weighted by Gasteiger charge is -2.31. The third-order valence-corrected chi connectivity index (χ3v) is 7.16. The van der Waals surface area contributed by atoms with E-state index in [0.717, 1.165) is 4.90 Å². The van der Waals surface area contributed by atoms with Crippen molar-refractivity contribution in [2.45, 2.75) is 25.4 Å². The van der Waals surface area contributed by atoms with E-state index in [2.05, 4.69) is 5.32 Å². The van der Waals surface area contributed by atoms with E-state index in [1.54, 1.807) is 54.6 Å². The molecule has 192 valence electrons. The van der Waals surface area contributed by atoms with Crippen LogP contribution in [-0.2, 0) is 24.7 Å². The van der Waals surface area contributed by atoms with Crippen molar-refractivity contribution in [3.63, 3.8) is 0 Å². The number of carboxylic acids is 1. The SMILES string of the molecule is CC(=O)Oc1ccc(C2NC(C(=O)O)(c3ccccc3)C3C(=O)N(c4ccc(C(C)=O)cc4)C(=O)C23)cc1. The maximum atomic E-state index is 13.9. The number of Topliss-reactive ketones (excluding diaryl/α,β-unsaturated/α-hetero) is 1. The standard InChI is InChI=1S/C29H24N2O7/c1-16(32)18-8-12-21(13-9-18)31-26(34)23-24(27(31)35)29(28(36)37,20-6-4-3-5-7-20)30-25(23)19-10-14-22(15-11-19)38-17(2)33/h3-15,23-25,30H,1-2H3,(H,36,37). The molecule has 0 radical (unpaired) electrons. The number of carbonyl (C=O) groups is 5. The van der Waals surface area contributed by atoms with Crippen LogP contribution in [0.25, 0.3) is 0 Å². The largest absolute Gasteiger partial charge is 0.480 e. The lowest BCUT2D eigenvalue weighted by Crippen LogP contribution is -2.53. The normalized spacial score (nSPS) is 24.3. The fourth-order valence-corrected chi connectivity index (χ4v) is 5.49. The fraction of sp³-hybridized carbons (Fsp3) is 0.207. The number of hydrogen-bond acceptors (Lipinski definition) is 7. The van der Waals surface area contributed by atoms with Crippen molar-refractivity contribution in [1.82, 2.24) is 5.32 Å². The number of esters is 1. The van der Waals surface area contributed by atoms with Crippen molar-refractivity contribution < 1.29 is 33.8 Å². The zero-order valence-electron chi connectivity index (χ0n) is 20.6. The second-order valence-electron chi connectivity index (χ2n) is 9.38. The van der Waals surface area contributed by atoms with Crippen molar-refractivity contribution in [1.29, 1.82) is 0 Å². The highest BCUT2D eigenvalue weighted by Crippen LogP contribution is 2.53. The molecule has 2 aliphatic rings. The van der Waals surface area contributed by atoms with Crippen molar-refractivity contribution in [2.24, 2.45) is 11.8 Å². The molecule has 4 unspecified atom stereocenters. The summed E-state index contributed by atoms with van der Waals surface area (Å²) in [5, 5.41) is 13.7. The van der Waals surface area contributed by atoms with Crippen molar-refractivity contribution in [3.05, 3.63) is 95.6 Å². The van der Waals surface area contributed by atoms with E-state index in [1.165, 1.54) is 38.1 Å². The maximum absolute atomic E-state index is 13.9. The molecule has 0 saturated carbocycles. The van der Waals surface area contributed by atoms with Gasteiger partial charge in [-0.25, -0.2) is 9.69 Å². The number of carboxylic acid groups (broad SMARTS) is 1. The first-order valence-corrected chi connectivity index (χ1v) is 12.0. The van der Waals surface area contributed by atoms with Crippen LogP contribution < -0.4 is 15.0 Å². The summed E-state index contributed by atoms with van der Waals surface area (Å²) in [6, 6.07) is 19.9. The summed E-state index contributed by atoms with van der Waals surface area (Å²) in [5.41, 5.74) is -0.298. The van der Waals surface area contributed by atoms with Gasteiger partial charge in [-0.05, 0) is 54.4 Å². The second kappa shape index (κ2) is 9.35. The van der Waals surface area contributed by atoms with E-state index in [1.807, 2.05) is 0 Å². The Hall–Kier alpha value is -4.63. The Morgan fingerprint density at radius 2 is 1.50 bits per heavy atom. The van der Waals surface area contributed by atoms with E-state index < -0.39 is 47.2 Å². The molecule has 3 aromatic carbocycles. The van der Waals surface area contributed by atoms with E-state index >= 15 is 0 Å². The first-order valence-electron chi connectivity index (χ1n) is 12.0. The zero-order valence-corrected chi connectivity index (χ0v) is 20.6. The lowest BCUT2D eigenvalue weighted by molar-refractivity contribution is -0.149. The van der Waals surface area contributed by atoms with Crippen LogP contribution in [0.4, 0.5) is 5.69 Å². The lowest BCUT2D eigenvalue weighted by atomic mass is 9.75. The number of ether oxygens (including phenoxy) is 1. The average molecular weight is 513 g/mol. The molecule has 2 N–H and O–H groups in total. The Bertz CT molecular complexity index is 1450. The first kappa shape index (κ1) is 25.0. The van der Waals surface area contributed by atoms with Crippen LogP contribution in [0.1, 0.15) is 41.4 Å². The third kappa shape index (κ3) is 3.88. The number of anilines is 1. The second-order valence-corrected chi connectivity index (χ2v) is 9.38. The van der Waals surface area contributed by atoms with Gasteiger partial charge in [0.05, 0.1) is 17.5 Å². The van der Waals surface area contributed by atoms with Gasteiger partial charge in [0.15, 0.2) is 11.3 Å². The van der Waals surface area contributed by atoms with Crippen LogP contribution in [0.5, 0.6) is 5.75 Å². The average Bonchev–Trinajstić information content (AvgIpc) is 3.39. The third-order valence-electron chi connectivity index (χ3n) is 7.16.